The van der Waals surface area contributed by atoms with Gasteiger partial charge in [-0.25, -0.2) is 0 Å². The topological polar surface area (TPSA) is 38.3 Å². The predicted octanol–water partition coefficient (Wildman–Crippen LogP) is 4.29. The minimum absolute atomic E-state index is 0.102. The standard InChI is InChI=1S/C16H22BrNO2/c1-3-20-13-8-12(9-13)10-16(19)18-15-7-5-4-6-14(15)11(2)17/h4-7,11-13H,3,8-10H2,1-2H3,(H,18,19). The zero-order chi connectivity index (χ0) is 14.5. The third kappa shape index (κ3) is 4.06. The van der Waals surface area contributed by atoms with Crippen LogP contribution in [-0.4, -0.2) is 18.6 Å². The Kier molecular flexibility index (Phi) is 5.61. The van der Waals surface area contributed by atoms with Gasteiger partial charge < -0.3 is 10.1 Å². The van der Waals surface area contributed by atoms with E-state index in [1.165, 1.54) is 0 Å². The summed E-state index contributed by atoms with van der Waals surface area (Å²) < 4.78 is 5.52. The maximum Gasteiger partial charge on any atom is 0.224 e. The maximum absolute atomic E-state index is 12.1. The van der Waals surface area contributed by atoms with E-state index < -0.39 is 0 Å². The van der Waals surface area contributed by atoms with Gasteiger partial charge >= 0.3 is 0 Å². The number of carbonyl (C=O) groups excluding carboxylic acids is 1. The van der Waals surface area contributed by atoms with E-state index in [-0.39, 0.29) is 10.7 Å². The molecular weight excluding hydrogens is 318 g/mol. The highest BCUT2D eigenvalue weighted by molar-refractivity contribution is 9.09. The van der Waals surface area contributed by atoms with Crippen LogP contribution in [0.15, 0.2) is 24.3 Å². The molecule has 2 rings (SSSR count). The van der Waals surface area contributed by atoms with Crippen LogP contribution in [-0.2, 0) is 9.53 Å². The maximum atomic E-state index is 12.1. The summed E-state index contributed by atoms with van der Waals surface area (Å²) in [5.41, 5.74) is 2.02. The van der Waals surface area contributed by atoms with E-state index in [0.29, 0.717) is 18.4 Å². The first-order valence-corrected chi connectivity index (χ1v) is 8.16. The molecule has 0 saturated heterocycles. The Hall–Kier alpha value is -0.870. The van der Waals surface area contributed by atoms with Gasteiger partial charge in [0.15, 0.2) is 0 Å². The highest BCUT2D eigenvalue weighted by Gasteiger charge is 2.31. The Morgan fingerprint density at radius 1 is 1.45 bits per heavy atom. The summed E-state index contributed by atoms with van der Waals surface area (Å²) in [6.45, 7) is 4.84. The fraction of sp³-hybridized carbons (Fsp3) is 0.562. The van der Waals surface area contributed by atoms with Gasteiger partial charge in [0.1, 0.15) is 0 Å². The number of rotatable bonds is 6. The van der Waals surface area contributed by atoms with E-state index in [1.54, 1.807) is 0 Å². The van der Waals surface area contributed by atoms with E-state index >= 15 is 0 Å². The van der Waals surface area contributed by atoms with Crippen molar-refractivity contribution in [1.29, 1.82) is 0 Å². The molecule has 0 radical (unpaired) electrons. The molecule has 20 heavy (non-hydrogen) atoms. The summed E-state index contributed by atoms with van der Waals surface area (Å²) in [4.78, 5) is 12.3. The van der Waals surface area contributed by atoms with Gasteiger partial charge in [-0.05, 0) is 44.2 Å². The molecule has 1 atom stereocenters. The van der Waals surface area contributed by atoms with Crippen LogP contribution in [0.2, 0.25) is 0 Å². The van der Waals surface area contributed by atoms with E-state index in [2.05, 4.69) is 28.2 Å². The van der Waals surface area contributed by atoms with Crippen molar-refractivity contribution in [3.8, 4) is 0 Å². The van der Waals surface area contributed by atoms with E-state index in [9.17, 15) is 4.79 Å². The van der Waals surface area contributed by atoms with Gasteiger partial charge in [-0.1, -0.05) is 34.1 Å². The lowest BCUT2D eigenvalue weighted by atomic mass is 9.80. The Balaban J connectivity index is 1.84. The molecule has 1 fully saturated rings. The number of nitrogens with one attached hydrogen (secondary N) is 1. The minimum Gasteiger partial charge on any atom is -0.378 e. The number of ether oxygens (including phenoxy) is 1. The van der Waals surface area contributed by atoms with Gasteiger partial charge in [0.25, 0.3) is 0 Å². The fourth-order valence-electron chi connectivity index (χ4n) is 2.63. The van der Waals surface area contributed by atoms with Crippen LogP contribution in [0.5, 0.6) is 0 Å². The fourth-order valence-corrected chi connectivity index (χ4v) is 3.03. The van der Waals surface area contributed by atoms with Gasteiger partial charge in [0, 0.05) is 23.5 Å². The Bertz CT molecular complexity index is 456. The normalized spacial score (nSPS) is 22.9. The van der Waals surface area contributed by atoms with Gasteiger partial charge in [-0.15, -0.1) is 0 Å². The second-order valence-corrected chi connectivity index (χ2v) is 6.74. The van der Waals surface area contributed by atoms with E-state index in [1.807, 2.05) is 31.2 Å². The molecule has 0 bridgehead atoms. The average Bonchev–Trinajstić information content (AvgIpc) is 2.36. The Morgan fingerprint density at radius 2 is 2.15 bits per heavy atom. The van der Waals surface area contributed by atoms with Crippen molar-refractivity contribution < 1.29 is 9.53 Å². The zero-order valence-electron chi connectivity index (χ0n) is 12.1. The third-order valence-electron chi connectivity index (χ3n) is 3.73. The van der Waals surface area contributed by atoms with Crippen LogP contribution in [0, 0.1) is 5.92 Å². The summed E-state index contributed by atoms with van der Waals surface area (Å²) in [6.07, 6.45) is 2.98. The van der Waals surface area contributed by atoms with Crippen molar-refractivity contribution in [3.05, 3.63) is 29.8 Å². The summed E-state index contributed by atoms with van der Waals surface area (Å²) in [5, 5.41) is 3.03. The van der Waals surface area contributed by atoms with Crippen LogP contribution in [0.4, 0.5) is 5.69 Å². The molecule has 0 spiro atoms. The lowest BCUT2D eigenvalue weighted by Gasteiger charge is -2.34. The number of benzene rings is 1. The Labute approximate surface area is 129 Å². The summed E-state index contributed by atoms with van der Waals surface area (Å²) in [7, 11) is 0. The minimum atomic E-state index is 0.102. The largest absolute Gasteiger partial charge is 0.378 e. The van der Waals surface area contributed by atoms with Crippen molar-refractivity contribution in [2.75, 3.05) is 11.9 Å². The number of para-hydroxylation sites is 1. The van der Waals surface area contributed by atoms with Gasteiger partial charge in [-0.2, -0.15) is 0 Å². The first-order valence-electron chi connectivity index (χ1n) is 7.24. The molecule has 1 saturated carbocycles. The molecule has 1 N–H and O–H groups in total. The highest BCUT2D eigenvalue weighted by atomic mass is 79.9. The molecule has 1 aliphatic carbocycles. The molecule has 1 aromatic carbocycles. The van der Waals surface area contributed by atoms with Crippen LogP contribution in [0.1, 0.15) is 43.5 Å². The molecule has 0 aromatic heterocycles. The number of hydrogen-bond donors (Lipinski definition) is 1. The van der Waals surface area contributed by atoms with Gasteiger partial charge in [-0.3, -0.25) is 4.79 Å². The molecule has 1 aromatic rings. The summed E-state index contributed by atoms with van der Waals surface area (Å²) >= 11 is 3.56. The predicted molar refractivity (Wildman–Crippen MR) is 85.2 cm³/mol. The lowest BCUT2D eigenvalue weighted by Crippen LogP contribution is -2.34. The first-order chi connectivity index (χ1) is 9.60. The summed E-state index contributed by atoms with van der Waals surface area (Å²) in [6, 6.07) is 7.92. The summed E-state index contributed by atoms with van der Waals surface area (Å²) in [5.74, 6) is 0.575. The van der Waals surface area contributed by atoms with Crippen molar-refractivity contribution in [3.63, 3.8) is 0 Å². The molecule has 1 aliphatic rings. The number of carbonyl (C=O) groups is 1. The molecule has 110 valence electrons. The van der Waals surface area contributed by atoms with Crippen LogP contribution in [0.3, 0.4) is 0 Å². The van der Waals surface area contributed by atoms with Crippen LogP contribution < -0.4 is 5.32 Å². The average molecular weight is 340 g/mol. The second-order valence-electron chi connectivity index (χ2n) is 5.37. The lowest BCUT2D eigenvalue weighted by molar-refractivity contribution is -0.119. The zero-order valence-corrected chi connectivity index (χ0v) is 13.7. The molecule has 4 heteroatoms. The number of amides is 1. The highest BCUT2D eigenvalue weighted by Crippen LogP contribution is 2.33. The van der Waals surface area contributed by atoms with Crippen molar-refractivity contribution in [2.24, 2.45) is 5.92 Å². The van der Waals surface area contributed by atoms with Crippen LogP contribution >= 0.6 is 15.9 Å². The third-order valence-corrected chi connectivity index (χ3v) is 4.23. The van der Waals surface area contributed by atoms with Crippen molar-refractivity contribution in [2.45, 2.75) is 44.0 Å². The van der Waals surface area contributed by atoms with Gasteiger partial charge in [0.2, 0.25) is 5.91 Å². The number of anilines is 1. The number of halogens is 1. The van der Waals surface area contributed by atoms with E-state index in [0.717, 1.165) is 30.7 Å². The molecule has 0 heterocycles. The van der Waals surface area contributed by atoms with Crippen LogP contribution in [0.25, 0.3) is 0 Å². The molecule has 0 aliphatic heterocycles. The quantitative estimate of drug-likeness (QED) is 0.785. The van der Waals surface area contributed by atoms with Gasteiger partial charge in [0.05, 0.1) is 6.10 Å². The second kappa shape index (κ2) is 7.23. The first kappa shape index (κ1) is 15.5. The SMILES string of the molecule is CCOC1CC(CC(=O)Nc2ccccc2C(C)Br)C1. The van der Waals surface area contributed by atoms with E-state index in [4.69, 9.17) is 4.74 Å². The van der Waals surface area contributed by atoms with Crippen molar-refractivity contribution >= 4 is 27.5 Å². The number of alkyl halides is 1. The molecular formula is C16H22BrNO2. The van der Waals surface area contributed by atoms with Crippen molar-refractivity contribution in [1.82, 2.24) is 0 Å². The number of hydrogen-bond acceptors (Lipinski definition) is 2. The molecule has 3 nitrogen and oxygen atoms in total. The monoisotopic (exact) mass is 339 g/mol. The molecule has 1 unspecified atom stereocenters. The Morgan fingerprint density at radius 3 is 2.80 bits per heavy atom. The smallest absolute Gasteiger partial charge is 0.224 e. The molecule has 1 amide bonds.